The van der Waals surface area contributed by atoms with E-state index in [2.05, 4.69) is 4.40 Å². The van der Waals surface area contributed by atoms with Gasteiger partial charge in [-0.25, -0.2) is 12.8 Å². The van der Waals surface area contributed by atoms with Crippen molar-refractivity contribution >= 4 is 15.9 Å². The normalized spacial score (nSPS) is 21.4. The maximum atomic E-state index is 14.9. The van der Waals surface area contributed by atoms with E-state index in [9.17, 15) is 21.6 Å². The van der Waals surface area contributed by atoms with Gasteiger partial charge in [0.05, 0.1) is 5.75 Å². The summed E-state index contributed by atoms with van der Waals surface area (Å²) >= 11 is 0. The van der Waals surface area contributed by atoms with Crippen LogP contribution in [0.4, 0.5) is 13.2 Å². The van der Waals surface area contributed by atoms with E-state index < -0.39 is 21.8 Å². The van der Waals surface area contributed by atoms with Gasteiger partial charge in [-0.3, -0.25) is 0 Å². The summed E-state index contributed by atoms with van der Waals surface area (Å²) in [6.45, 7) is 2.62. The van der Waals surface area contributed by atoms with E-state index in [1.54, 1.807) is 12.1 Å². The third-order valence-corrected chi connectivity index (χ3v) is 6.77. The number of halogens is 3. The SMILES string of the molecule is Cc1cc(C(F)(F)c2ccc(C3CCCN4CCS(=O)(=O)N=C34)cc2)ccc1F. The number of piperidine rings is 1. The van der Waals surface area contributed by atoms with Gasteiger partial charge in [-0.2, -0.15) is 8.78 Å². The Morgan fingerprint density at radius 3 is 2.45 bits per heavy atom. The Balaban J connectivity index is 1.65. The van der Waals surface area contributed by atoms with Gasteiger partial charge in [-0.1, -0.05) is 24.3 Å². The van der Waals surface area contributed by atoms with Crippen LogP contribution in [0.3, 0.4) is 0 Å². The molecule has 0 saturated carbocycles. The minimum Gasteiger partial charge on any atom is -0.358 e. The average molecular weight is 422 g/mol. The highest BCUT2D eigenvalue weighted by atomic mass is 32.2. The molecule has 0 amide bonds. The first-order chi connectivity index (χ1) is 13.7. The molecule has 4 nitrogen and oxygen atoms in total. The first kappa shape index (κ1) is 19.9. The molecule has 2 heterocycles. The van der Waals surface area contributed by atoms with Crippen LogP contribution in [-0.4, -0.2) is 38.0 Å². The summed E-state index contributed by atoms with van der Waals surface area (Å²) in [5.74, 6) is -3.50. The zero-order valence-corrected chi connectivity index (χ0v) is 16.7. The van der Waals surface area contributed by atoms with Gasteiger partial charge in [0.15, 0.2) is 0 Å². The number of amidine groups is 1. The number of aryl methyl sites for hydroxylation is 1. The lowest BCUT2D eigenvalue weighted by Crippen LogP contribution is -2.46. The maximum absolute atomic E-state index is 14.9. The Labute approximate surface area is 168 Å². The second-order valence-electron chi connectivity index (χ2n) is 7.58. The third kappa shape index (κ3) is 3.77. The summed E-state index contributed by atoms with van der Waals surface area (Å²) in [5, 5.41) is 0. The van der Waals surface area contributed by atoms with E-state index in [1.165, 1.54) is 19.1 Å². The standard InChI is InChI=1S/C21H21F3N2O2S/c1-14-13-17(8-9-19(14)22)21(23,24)16-6-4-15(5-7-16)18-3-2-10-26-11-12-29(27,28)25-20(18)26/h4-9,13,18H,2-3,10-12H2,1H3. The van der Waals surface area contributed by atoms with E-state index in [4.69, 9.17) is 0 Å². The first-order valence-corrected chi connectivity index (χ1v) is 11.1. The molecule has 2 aliphatic rings. The number of benzene rings is 2. The van der Waals surface area contributed by atoms with Crippen LogP contribution in [0.15, 0.2) is 46.9 Å². The van der Waals surface area contributed by atoms with Crippen molar-refractivity contribution in [3.8, 4) is 0 Å². The minimum atomic E-state index is -3.47. The summed E-state index contributed by atoms with van der Waals surface area (Å²) in [7, 11) is -3.47. The van der Waals surface area contributed by atoms with Crippen LogP contribution < -0.4 is 0 Å². The molecule has 1 saturated heterocycles. The second-order valence-corrected chi connectivity index (χ2v) is 9.33. The van der Waals surface area contributed by atoms with Crippen molar-refractivity contribution in [3.05, 3.63) is 70.5 Å². The summed E-state index contributed by atoms with van der Waals surface area (Å²) in [6, 6.07) is 9.22. The largest absolute Gasteiger partial charge is 0.358 e. The van der Waals surface area contributed by atoms with Crippen LogP contribution in [0.5, 0.6) is 0 Å². The number of fused-ring (bicyclic) bond motifs is 1. The molecule has 2 aromatic rings. The van der Waals surface area contributed by atoms with E-state index in [1.807, 2.05) is 4.90 Å². The van der Waals surface area contributed by atoms with Crippen LogP contribution in [-0.2, 0) is 15.9 Å². The van der Waals surface area contributed by atoms with Crippen molar-refractivity contribution < 1.29 is 21.6 Å². The van der Waals surface area contributed by atoms with Gasteiger partial charge >= 0.3 is 0 Å². The van der Waals surface area contributed by atoms with Crippen molar-refractivity contribution in [3.63, 3.8) is 0 Å². The van der Waals surface area contributed by atoms with Crippen LogP contribution in [0.25, 0.3) is 0 Å². The fraction of sp³-hybridized carbons (Fsp3) is 0.381. The van der Waals surface area contributed by atoms with E-state index in [-0.39, 0.29) is 28.4 Å². The van der Waals surface area contributed by atoms with Crippen molar-refractivity contribution in [2.75, 3.05) is 18.8 Å². The Morgan fingerprint density at radius 2 is 1.76 bits per heavy atom. The molecule has 0 aliphatic carbocycles. The smallest absolute Gasteiger partial charge is 0.298 e. The lowest BCUT2D eigenvalue weighted by atomic mass is 9.88. The van der Waals surface area contributed by atoms with Crippen LogP contribution in [0.2, 0.25) is 0 Å². The quantitative estimate of drug-likeness (QED) is 0.745. The summed E-state index contributed by atoms with van der Waals surface area (Å²) in [4.78, 5) is 1.97. The van der Waals surface area contributed by atoms with Crippen molar-refractivity contribution in [1.29, 1.82) is 0 Å². The molecule has 154 valence electrons. The molecular weight excluding hydrogens is 401 g/mol. The van der Waals surface area contributed by atoms with Crippen LogP contribution >= 0.6 is 0 Å². The number of sulfonamides is 1. The molecule has 0 aromatic heterocycles. The molecule has 1 fully saturated rings. The Morgan fingerprint density at radius 1 is 1.07 bits per heavy atom. The first-order valence-electron chi connectivity index (χ1n) is 9.50. The number of alkyl halides is 2. The van der Waals surface area contributed by atoms with Crippen molar-refractivity contribution in [2.45, 2.75) is 31.6 Å². The average Bonchev–Trinajstić information content (AvgIpc) is 2.69. The lowest BCUT2D eigenvalue weighted by Gasteiger charge is -2.37. The molecule has 2 aromatic carbocycles. The summed E-state index contributed by atoms with van der Waals surface area (Å²) in [5.41, 5.74) is 0.465. The number of rotatable bonds is 3. The Hall–Kier alpha value is -2.35. The molecule has 0 bridgehead atoms. The van der Waals surface area contributed by atoms with Gasteiger partial charge in [0.2, 0.25) is 0 Å². The van der Waals surface area contributed by atoms with Gasteiger partial charge in [0.1, 0.15) is 11.7 Å². The molecule has 2 aliphatic heterocycles. The molecule has 1 unspecified atom stereocenters. The predicted octanol–water partition coefficient (Wildman–Crippen LogP) is 4.20. The minimum absolute atomic E-state index is 0.00542. The van der Waals surface area contributed by atoms with Crippen molar-refractivity contribution in [1.82, 2.24) is 4.90 Å². The van der Waals surface area contributed by atoms with Gasteiger partial charge in [-0.05, 0) is 49.1 Å². The third-order valence-electron chi connectivity index (χ3n) is 5.60. The van der Waals surface area contributed by atoms with Gasteiger partial charge in [0.25, 0.3) is 15.9 Å². The lowest BCUT2D eigenvalue weighted by molar-refractivity contribution is 0.0427. The fourth-order valence-electron chi connectivity index (χ4n) is 3.96. The Kier molecular flexibility index (Phi) is 4.93. The predicted molar refractivity (Wildman–Crippen MR) is 105 cm³/mol. The van der Waals surface area contributed by atoms with Crippen molar-refractivity contribution in [2.24, 2.45) is 4.40 Å². The van der Waals surface area contributed by atoms with Gasteiger partial charge in [-0.15, -0.1) is 4.40 Å². The zero-order chi connectivity index (χ0) is 20.8. The van der Waals surface area contributed by atoms with E-state index in [0.717, 1.165) is 43.1 Å². The number of nitrogens with zero attached hydrogens (tertiary/aromatic N) is 2. The highest BCUT2D eigenvalue weighted by Gasteiger charge is 2.36. The zero-order valence-electron chi connectivity index (χ0n) is 15.9. The number of hydrogen-bond donors (Lipinski definition) is 0. The molecule has 0 N–H and O–H groups in total. The summed E-state index contributed by atoms with van der Waals surface area (Å²) < 4.78 is 71.1. The highest BCUT2D eigenvalue weighted by molar-refractivity contribution is 7.90. The van der Waals surface area contributed by atoms with Crippen LogP contribution in [0.1, 0.15) is 41.0 Å². The van der Waals surface area contributed by atoms with E-state index in [0.29, 0.717) is 12.4 Å². The molecular formula is C21H21F3N2O2S. The molecule has 0 radical (unpaired) electrons. The highest BCUT2D eigenvalue weighted by Crippen LogP contribution is 2.38. The van der Waals surface area contributed by atoms with Crippen LogP contribution in [0, 0.1) is 12.7 Å². The second kappa shape index (κ2) is 7.16. The maximum Gasteiger partial charge on any atom is 0.298 e. The number of hydrogen-bond acceptors (Lipinski definition) is 3. The molecule has 1 atom stereocenters. The van der Waals surface area contributed by atoms with E-state index >= 15 is 0 Å². The van der Waals surface area contributed by atoms with Gasteiger partial charge in [0, 0.05) is 30.1 Å². The topological polar surface area (TPSA) is 49.7 Å². The summed E-state index contributed by atoms with van der Waals surface area (Å²) in [6.07, 6.45) is 1.61. The molecule has 0 spiro atoms. The molecule has 8 heteroatoms. The van der Waals surface area contributed by atoms with Gasteiger partial charge < -0.3 is 4.90 Å². The molecule has 29 heavy (non-hydrogen) atoms. The fourth-order valence-corrected chi connectivity index (χ4v) is 5.03. The monoisotopic (exact) mass is 422 g/mol. The molecule has 4 rings (SSSR count). The Bertz CT molecular complexity index is 1070.